The number of benzene rings is 1. The third-order valence-electron chi connectivity index (χ3n) is 3.97. The molecule has 2 rings (SSSR count). The van der Waals surface area contributed by atoms with E-state index in [1.807, 2.05) is 12.1 Å². The Morgan fingerprint density at radius 1 is 1.37 bits per heavy atom. The normalized spacial score (nSPS) is 23.5. The summed E-state index contributed by atoms with van der Waals surface area (Å²) in [5, 5.41) is 9.05. The minimum absolute atomic E-state index is 0.217. The highest BCUT2D eigenvalue weighted by molar-refractivity contribution is 5.90. The van der Waals surface area contributed by atoms with Crippen LogP contribution in [-0.2, 0) is 6.54 Å². The fraction of sp³-hybridized carbons (Fsp3) is 0.533. The fourth-order valence-corrected chi connectivity index (χ4v) is 2.65. The summed E-state index contributed by atoms with van der Waals surface area (Å²) >= 11 is 0. The second-order valence-corrected chi connectivity index (χ2v) is 5.49. The van der Waals surface area contributed by atoms with Crippen molar-refractivity contribution < 1.29 is 14.6 Å². The largest absolute Gasteiger partial charge is 0.496 e. The van der Waals surface area contributed by atoms with E-state index in [9.17, 15) is 4.79 Å². The van der Waals surface area contributed by atoms with Crippen molar-refractivity contribution in [2.45, 2.75) is 20.4 Å². The van der Waals surface area contributed by atoms with Crippen molar-refractivity contribution >= 4 is 5.97 Å². The van der Waals surface area contributed by atoms with Crippen LogP contribution in [0, 0.1) is 11.8 Å². The minimum Gasteiger partial charge on any atom is -0.496 e. The van der Waals surface area contributed by atoms with Gasteiger partial charge in [-0.3, -0.25) is 4.90 Å². The first-order chi connectivity index (χ1) is 9.01. The molecule has 4 nitrogen and oxygen atoms in total. The molecule has 0 aliphatic carbocycles. The molecule has 19 heavy (non-hydrogen) atoms. The number of methoxy groups -OCH3 is 1. The monoisotopic (exact) mass is 263 g/mol. The van der Waals surface area contributed by atoms with Gasteiger partial charge in [-0.15, -0.1) is 0 Å². The molecule has 1 heterocycles. The number of hydrogen-bond donors (Lipinski definition) is 1. The van der Waals surface area contributed by atoms with Gasteiger partial charge >= 0.3 is 5.97 Å². The molecule has 2 atom stereocenters. The quantitative estimate of drug-likeness (QED) is 0.906. The summed E-state index contributed by atoms with van der Waals surface area (Å²) in [6.07, 6.45) is 0. The standard InChI is InChI=1S/C15H21NO3/c1-10-7-16(8-11(10)2)9-12-4-5-13(15(17)18)14(6-12)19-3/h4-6,10-11H,7-9H2,1-3H3,(H,17,18). The number of rotatable bonds is 4. The molecule has 0 aromatic heterocycles. The molecule has 0 bridgehead atoms. The average Bonchev–Trinajstić information content (AvgIpc) is 2.67. The molecule has 104 valence electrons. The molecule has 1 aliphatic rings. The third kappa shape index (κ3) is 3.07. The lowest BCUT2D eigenvalue weighted by molar-refractivity contribution is 0.0693. The van der Waals surface area contributed by atoms with Crippen LogP contribution in [0.4, 0.5) is 0 Å². The molecule has 1 aliphatic heterocycles. The molecule has 0 saturated carbocycles. The summed E-state index contributed by atoms with van der Waals surface area (Å²) in [6, 6.07) is 5.33. The average molecular weight is 263 g/mol. The van der Waals surface area contributed by atoms with Crippen molar-refractivity contribution in [2.75, 3.05) is 20.2 Å². The van der Waals surface area contributed by atoms with Gasteiger partial charge in [0.25, 0.3) is 0 Å². The van der Waals surface area contributed by atoms with Crippen LogP contribution in [0.5, 0.6) is 5.75 Å². The second kappa shape index (κ2) is 5.61. The number of likely N-dealkylation sites (tertiary alicyclic amines) is 1. The van der Waals surface area contributed by atoms with Crippen molar-refractivity contribution in [1.82, 2.24) is 4.90 Å². The summed E-state index contributed by atoms with van der Waals surface area (Å²) in [7, 11) is 1.51. The predicted molar refractivity (Wildman–Crippen MR) is 73.6 cm³/mol. The van der Waals surface area contributed by atoms with Gasteiger partial charge in [0.1, 0.15) is 11.3 Å². The van der Waals surface area contributed by atoms with E-state index in [1.165, 1.54) is 7.11 Å². The van der Waals surface area contributed by atoms with Crippen LogP contribution >= 0.6 is 0 Å². The molecule has 1 saturated heterocycles. The topological polar surface area (TPSA) is 49.8 Å². The molecule has 1 N–H and O–H groups in total. The molecule has 0 spiro atoms. The zero-order valence-corrected chi connectivity index (χ0v) is 11.7. The Labute approximate surface area is 114 Å². The van der Waals surface area contributed by atoms with Gasteiger partial charge in [0.2, 0.25) is 0 Å². The molecule has 1 fully saturated rings. The number of carbonyl (C=O) groups is 1. The van der Waals surface area contributed by atoms with Gasteiger partial charge in [0.05, 0.1) is 7.11 Å². The second-order valence-electron chi connectivity index (χ2n) is 5.49. The smallest absolute Gasteiger partial charge is 0.339 e. The van der Waals surface area contributed by atoms with Crippen LogP contribution in [0.1, 0.15) is 29.8 Å². The van der Waals surface area contributed by atoms with E-state index in [1.54, 1.807) is 6.07 Å². The van der Waals surface area contributed by atoms with E-state index in [2.05, 4.69) is 18.7 Å². The van der Waals surface area contributed by atoms with Gasteiger partial charge in [-0.05, 0) is 29.5 Å². The lowest BCUT2D eigenvalue weighted by Crippen LogP contribution is -2.20. The summed E-state index contributed by atoms with van der Waals surface area (Å²) in [6.45, 7) is 7.61. The SMILES string of the molecule is COc1cc(CN2CC(C)C(C)C2)ccc1C(=O)O. The van der Waals surface area contributed by atoms with Crippen LogP contribution in [0.15, 0.2) is 18.2 Å². The van der Waals surface area contributed by atoms with Crippen molar-refractivity contribution in [3.05, 3.63) is 29.3 Å². The highest BCUT2D eigenvalue weighted by Crippen LogP contribution is 2.26. The van der Waals surface area contributed by atoms with Gasteiger partial charge in [-0.2, -0.15) is 0 Å². The van der Waals surface area contributed by atoms with Crippen LogP contribution in [0.25, 0.3) is 0 Å². The van der Waals surface area contributed by atoms with Gasteiger partial charge in [0.15, 0.2) is 0 Å². The molecule has 0 amide bonds. The van der Waals surface area contributed by atoms with Gasteiger partial charge in [-0.25, -0.2) is 4.79 Å². The van der Waals surface area contributed by atoms with Gasteiger partial charge in [0, 0.05) is 19.6 Å². The van der Waals surface area contributed by atoms with Crippen LogP contribution in [0.2, 0.25) is 0 Å². The van der Waals surface area contributed by atoms with E-state index in [4.69, 9.17) is 9.84 Å². The molecule has 4 heteroatoms. The predicted octanol–water partition coefficient (Wildman–Crippen LogP) is 2.48. The highest BCUT2D eigenvalue weighted by atomic mass is 16.5. The Bertz CT molecular complexity index is 462. The van der Waals surface area contributed by atoms with Crippen LogP contribution in [-0.4, -0.2) is 36.2 Å². The van der Waals surface area contributed by atoms with E-state index >= 15 is 0 Å². The van der Waals surface area contributed by atoms with E-state index in [0.717, 1.165) is 37.0 Å². The van der Waals surface area contributed by atoms with Crippen molar-refractivity contribution in [1.29, 1.82) is 0 Å². The summed E-state index contributed by atoms with van der Waals surface area (Å²) in [4.78, 5) is 13.4. The van der Waals surface area contributed by atoms with E-state index in [-0.39, 0.29) is 5.56 Å². The lowest BCUT2D eigenvalue weighted by Gasteiger charge is -2.16. The molecule has 1 aromatic rings. The Balaban J connectivity index is 2.12. The highest BCUT2D eigenvalue weighted by Gasteiger charge is 2.26. The first-order valence-electron chi connectivity index (χ1n) is 6.63. The Morgan fingerprint density at radius 2 is 2.00 bits per heavy atom. The van der Waals surface area contributed by atoms with E-state index < -0.39 is 5.97 Å². The molecular weight excluding hydrogens is 242 g/mol. The Kier molecular flexibility index (Phi) is 4.10. The molecular formula is C15H21NO3. The number of aromatic carboxylic acids is 1. The van der Waals surface area contributed by atoms with Crippen molar-refractivity contribution in [3.63, 3.8) is 0 Å². The molecule has 2 unspecified atom stereocenters. The minimum atomic E-state index is -0.952. The van der Waals surface area contributed by atoms with Crippen LogP contribution in [0.3, 0.4) is 0 Å². The van der Waals surface area contributed by atoms with E-state index in [0.29, 0.717) is 5.75 Å². The number of carboxylic acid groups (broad SMARTS) is 1. The number of nitrogens with zero attached hydrogens (tertiary/aromatic N) is 1. The maximum atomic E-state index is 11.0. The lowest BCUT2D eigenvalue weighted by atomic mass is 10.0. The summed E-state index contributed by atoms with van der Waals surface area (Å²) < 4.78 is 5.15. The maximum Gasteiger partial charge on any atom is 0.339 e. The molecule has 1 aromatic carbocycles. The third-order valence-corrected chi connectivity index (χ3v) is 3.97. The van der Waals surface area contributed by atoms with Gasteiger partial charge in [-0.1, -0.05) is 19.9 Å². The molecule has 0 radical (unpaired) electrons. The van der Waals surface area contributed by atoms with Crippen LogP contribution < -0.4 is 4.74 Å². The number of carboxylic acids is 1. The number of hydrogen-bond acceptors (Lipinski definition) is 3. The Morgan fingerprint density at radius 3 is 2.53 bits per heavy atom. The summed E-state index contributed by atoms with van der Waals surface area (Å²) in [5.41, 5.74) is 1.32. The zero-order valence-electron chi connectivity index (χ0n) is 11.7. The fourth-order valence-electron chi connectivity index (χ4n) is 2.65. The summed E-state index contributed by atoms with van der Waals surface area (Å²) in [5.74, 6) is 0.928. The number of ether oxygens (including phenoxy) is 1. The maximum absolute atomic E-state index is 11.0. The van der Waals surface area contributed by atoms with Gasteiger partial charge < -0.3 is 9.84 Å². The van der Waals surface area contributed by atoms with Crippen molar-refractivity contribution in [2.24, 2.45) is 11.8 Å². The van der Waals surface area contributed by atoms with Crippen molar-refractivity contribution in [3.8, 4) is 5.75 Å². The first kappa shape index (κ1) is 13.9. The Hall–Kier alpha value is -1.55. The first-order valence-corrected chi connectivity index (χ1v) is 6.63. The zero-order chi connectivity index (χ0) is 14.0.